The summed E-state index contributed by atoms with van der Waals surface area (Å²) in [6, 6.07) is 8.14. The molecule has 0 unspecified atom stereocenters. The second-order valence-corrected chi connectivity index (χ2v) is 7.02. The summed E-state index contributed by atoms with van der Waals surface area (Å²) in [6.45, 7) is 5.87. The van der Waals surface area contributed by atoms with E-state index in [1.807, 2.05) is 24.3 Å². The maximum atomic E-state index is 12.3. The summed E-state index contributed by atoms with van der Waals surface area (Å²) >= 11 is 0. The minimum atomic E-state index is -0.147. The molecule has 1 aliphatic rings. The van der Waals surface area contributed by atoms with Gasteiger partial charge < -0.3 is 15.0 Å². The zero-order chi connectivity index (χ0) is 16.2. The van der Waals surface area contributed by atoms with Gasteiger partial charge in [-0.25, -0.2) is 0 Å². The first-order valence-electron chi connectivity index (χ1n) is 8.04. The van der Waals surface area contributed by atoms with E-state index in [9.17, 15) is 4.79 Å². The van der Waals surface area contributed by atoms with E-state index in [4.69, 9.17) is 4.74 Å². The minimum absolute atomic E-state index is 0.0156. The second-order valence-electron chi connectivity index (χ2n) is 7.02. The molecule has 4 nitrogen and oxygen atoms in total. The normalized spacial score (nSPS) is 20.9. The van der Waals surface area contributed by atoms with Gasteiger partial charge in [0.2, 0.25) is 0 Å². The van der Waals surface area contributed by atoms with Crippen LogP contribution in [0.2, 0.25) is 0 Å². The molecule has 2 rings (SSSR count). The number of carbonyl (C=O) groups excluding carboxylic acids is 1. The predicted octanol–water partition coefficient (Wildman–Crippen LogP) is 2.48. The van der Waals surface area contributed by atoms with Crippen LogP contribution in [-0.4, -0.2) is 49.7 Å². The fourth-order valence-corrected chi connectivity index (χ4v) is 2.80. The third-order valence-corrected chi connectivity index (χ3v) is 4.10. The summed E-state index contributed by atoms with van der Waals surface area (Å²) in [4.78, 5) is 14.5. The summed E-state index contributed by atoms with van der Waals surface area (Å²) < 4.78 is 5.69. The Morgan fingerprint density at radius 2 is 2.00 bits per heavy atom. The highest BCUT2D eigenvalue weighted by Crippen LogP contribution is 2.24. The molecule has 22 heavy (non-hydrogen) atoms. The number of hydrogen-bond donors (Lipinski definition) is 1. The summed E-state index contributed by atoms with van der Waals surface area (Å²) in [7, 11) is 4.13. The molecule has 1 aromatic rings. The fourth-order valence-electron chi connectivity index (χ4n) is 2.80. The van der Waals surface area contributed by atoms with Gasteiger partial charge in [0.1, 0.15) is 0 Å². The van der Waals surface area contributed by atoms with Crippen LogP contribution in [0.3, 0.4) is 0 Å². The summed E-state index contributed by atoms with van der Waals surface area (Å²) in [5, 5.41) is 3.13. The molecule has 1 saturated heterocycles. The molecule has 1 atom stereocenters. The molecule has 1 aliphatic heterocycles. The molecule has 0 bridgehead atoms. The van der Waals surface area contributed by atoms with Crippen molar-refractivity contribution in [1.82, 2.24) is 10.2 Å². The number of benzene rings is 1. The lowest BCUT2D eigenvalue weighted by molar-refractivity contribution is -0.0615. The SMILES string of the molecule is CN(C)CCc1ccc(C(=O)N[C@@H]2CCOC(C)(C)C2)cc1. The number of carbonyl (C=O) groups is 1. The molecule has 1 amide bonds. The molecular weight excluding hydrogens is 276 g/mol. The Morgan fingerprint density at radius 1 is 1.32 bits per heavy atom. The van der Waals surface area contributed by atoms with E-state index in [0.717, 1.165) is 31.4 Å². The van der Waals surface area contributed by atoms with E-state index in [1.165, 1.54) is 5.56 Å². The van der Waals surface area contributed by atoms with Crippen molar-refractivity contribution in [1.29, 1.82) is 0 Å². The van der Waals surface area contributed by atoms with Crippen LogP contribution in [0.4, 0.5) is 0 Å². The monoisotopic (exact) mass is 304 g/mol. The van der Waals surface area contributed by atoms with E-state index >= 15 is 0 Å². The van der Waals surface area contributed by atoms with Crippen LogP contribution < -0.4 is 5.32 Å². The van der Waals surface area contributed by atoms with Crippen LogP contribution in [0.15, 0.2) is 24.3 Å². The molecule has 1 aromatic carbocycles. The lowest BCUT2D eigenvalue weighted by Gasteiger charge is -2.35. The predicted molar refractivity (Wildman–Crippen MR) is 89.2 cm³/mol. The third-order valence-electron chi connectivity index (χ3n) is 4.10. The summed E-state index contributed by atoms with van der Waals surface area (Å²) in [6.07, 6.45) is 2.75. The zero-order valence-corrected chi connectivity index (χ0v) is 14.2. The fraction of sp³-hybridized carbons (Fsp3) is 0.611. The minimum Gasteiger partial charge on any atom is -0.375 e. The van der Waals surface area contributed by atoms with Gasteiger partial charge in [0.25, 0.3) is 5.91 Å². The van der Waals surface area contributed by atoms with Gasteiger partial charge in [0.15, 0.2) is 0 Å². The molecule has 0 radical (unpaired) electrons. The number of hydrogen-bond acceptors (Lipinski definition) is 3. The van der Waals surface area contributed by atoms with Crippen molar-refractivity contribution >= 4 is 5.91 Å². The van der Waals surface area contributed by atoms with Crippen molar-refractivity contribution < 1.29 is 9.53 Å². The standard InChI is InChI=1S/C18H28N2O2/c1-18(2)13-16(10-12-22-18)19-17(21)15-7-5-14(6-8-15)9-11-20(3)4/h5-8,16H,9-13H2,1-4H3,(H,19,21)/t16-/m1/s1. The third kappa shape index (κ3) is 5.11. The van der Waals surface area contributed by atoms with E-state index in [-0.39, 0.29) is 17.6 Å². The van der Waals surface area contributed by atoms with Crippen molar-refractivity contribution in [3.8, 4) is 0 Å². The van der Waals surface area contributed by atoms with Crippen molar-refractivity contribution in [3.05, 3.63) is 35.4 Å². The molecule has 1 fully saturated rings. The summed E-state index contributed by atoms with van der Waals surface area (Å²) in [5.41, 5.74) is 1.85. The topological polar surface area (TPSA) is 41.6 Å². The van der Waals surface area contributed by atoms with Gasteiger partial charge in [-0.2, -0.15) is 0 Å². The Balaban J connectivity index is 1.89. The van der Waals surface area contributed by atoms with Crippen molar-refractivity contribution in [2.75, 3.05) is 27.2 Å². The van der Waals surface area contributed by atoms with E-state index in [1.54, 1.807) is 0 Å². The maximum absolute atomic E-state index is 12.3. The maximum Gasteiger partial charge on any atom is 0.251 e. The van der Waals surface area contributed by atoms with Crippen LogP contribution in [-0.2, 0) is 11.2 Å². The Morgan fingerprint density at radius 3 is 2.59 bits per heavy atom. The Labute approximate surface area is 133 Å². The van der Waals surface area contributed by atoms with Gasteiger partial charge in [-0.15, -0.1) is 0 Å². The van der Waals surface area contributed by atoms with Crippen LogP contribution in [0.25, 0.3) is 0 Å². The highest BCUT2D eigenvalue weighted by Gasteiger charge is 2.29. The first kappa shape index (κ1) is 17.0. The van der Waals surface area contributed by atoms with Crippen LogP contribution >= 0.6 is 0 Å². The quantitative estimate of drug-likeness (QED) is 0.908. The second kappa shape index (κ2) is 7.25. The average molecular weight is 304 g/mol. The molecule has 1 heterocycles. The molecule has 1 N–H and O–H groups in total. The zero-order valence-electron chi connectivity index (χ0n) is 14.2. The van der Waals surface area contributed by atoms with Crippen LogP contribution in [0.1, 0.15) is 42.6 Å². The average Bonchev–Trinajstić information content (AvgIpc) is 2.44. The molecule has 122 valence electrons. The Kier molecular flexibility index (Phi) is 5.59. The van der Waals surface area contributed by atoms with E-state index in [0.29, 0.717) is 6.61 Å². The molecule has 0 saturated carbocycles. The molecule has 0 aliphatic carbocycles. The Hall–Kier alpha value is -1.39. The Bertz CT molecular complexity index is 494. The van der Waals surface area contributed by atoms with Gasteiger partial charge in [-0.1, -0.05) is 12.1 Å². The number of ether oxygens (including phenoxy) is 1. The lowest BCUT2D eigenvalue weighted by Crippen LogP contribution is -2.45. The number of nitrogens with zero attached hydrogens (tertiary/aromatic N) is 1. The number of amides is 1. The van der Waals surface area contributed by atoms with Gasteiger partial charge >= 0.3 is 0 Å². The van der Waals surface area contributed by atoms with E-state index in [2.05, 4.69) is 38.2 Å². The van der Waals surface area contributed by atoms with Crippen molar-refractivity contribution in [2.45, 2.75) is 44.8 Å². The summed E-state index contributed by atoms with van der Waals surface area (Å²) in [5.74, 6) is 0.0156. The van der Waals surface area contributed by atoms with Crippen molar-refractivity contribution in [3.63, 3.8) is 0 Å². The van der Waals surface area contributed by atoms with Crippen molar-refractivity contribution in [2.24, 2.45) is 0 Å². The first-order valence-corrected chi connectivity index (χ1v) is 8.04. The molecular formula is C18H28N2O2. The number of nitrogens with one attached hydrogen (secondary N) is 1. The van der Waals surface area contributed by atoms with Gasteiger partial charge in [0.05, 0.1) is 5.60 Å². The first-order chi connectivity index (χ1) is 10.4. The van der Waals surface area contributed by atoms with Gasteiger partial charge in [0, 0.05) is 24.8 Å². The smallest absolute Gasteiger partial charge is 0.251 e. The highest BCUT2D eigenvalue weighted by molar-refractivity contribution is 5.94. The number of rotatable bonds is 5. The molecule has 0 aromatic heterocycles. The van der Waals surface area contributed by atoms with Gasteiger partial charge in [-0.05, 0) is 64.9 Å². The lowest BCUT2D eigenvalue weighted by atomic mass is 9.93. The highest BCUT2D eigenvalue weighted by atomic mass is 16.5. The van der Waals surface area contributed by atoms with Crippen LogP contribution in [0.5, 0.6) is 0 Å². The number of likely N-dealkylation sites (N-methyl/N-ethyl adjacent to an activating group) is 1. The van der Waals surface area contributed by atoms with Gasteiger partial charge in [-0.3, -0.25) is 4.79 Å². The molecule has 4 heteroatoms. The largest absolute Gasteiger partial charge is 0.375 e. The van der Waals surface area contributed by atoms with E-state index < -0.39 is 0 Å². The van der Waals surface area contributed by atoms with Crippen LogP contribution in [0, 0.1) is 0 Å². The molecule has 0 spiro atoms.